The number of fused-ring (bicyclic) bond motifs is 1. The molecule has 0 bridgehead atoms. The molecule has 1 heterocycles. The minimum Gasteiger partial charge on any atom is -0.340 e. The van der Waals surface area contributed by atoms with Crippen molar-refractivity contribution < 1.29 is 4.79 Å². The number of anilines is 3. The van der Waals surface area contributed by atoms with Crippen molar-refractivity contribution in [2.75, 3.05) is 10.6 Å². The Morgan fingerprint density at radius 3 is 2.59 bits per heavy atom. The molecule has 2 N–H and O–H groups in total. The van der Waals surface area contributed by atoms with Gasteiger partial charge in [0.2, 0.25) is 5.91 Å². The number of amides is 1. The molecule has 2 aromatic carbocycles. The molecule has 4 nitrogen and oxygen atoms in total. The molecule has 0 aliphatic rings. The Morgan fingerprint density at radius 2 is 1.82 bits per heavy atom. The Labute approximate surface area is 129 Å². The van der Waals surface area contributed by atoms with Crippen LogP contribution in [0.15, 0.2) is 60.7 Å². The van der Waals surface area contributed by atoms with Crippen molar-refractivity contribution in [2.24, 2.45) is 0 Å². The SMILES string of the molecule is CCC(=O)Nc1ccc2nc(Nc3ccccc3)ccc2c1. The second-order valence-electron chi connectivity index (χ2n) is 5.00. The highest BCUT2D eigenvalue weighted by Gasteiger charge is 2.03. The summed E-state index contributed by atoms with van der Waals surface area (Å²) in [6.07, 6.45) is 0.468. The largest absolute Gasteiger partial charge is 0.340 e. The Kier molecular flexibility index (Phi) is 4.01. The molecular weight excluding hydrogens is 274 g/mol. The minimum atomic E-state index is 0.00896. The summed E-state index contributed by atoms with van der Waals surface area (Å²) in [6, 6.07) is 19.6. The second kappa shape index (κ2) is 6.26. The summed E-state index contributed by atoms with van der Waals surface area (Å²) in [5.41, 5.74) is 2.68. The molecule has 0 unspecified atom stereocenters. The minimum absolute atomic E-state index is 0.00896. The monoisotopic (exact) mass is 291 g/mol. The van der Waals surface area contributed by atoms with Crippen molar-refractivity contribution in [1.82, 2.24) is 4.98 Å². The third-order valence-electron chi connectivity index (χ3n) is 3.34. The van der Waals surface area contributed by atoms with E-state index in [1.165, 1.54) is 0 Å². The maximum Gasteiger partial charge on any atom is 0.224 e. The number of nitrogens with zero attached hydrogens (tertiary/aromatic N) is 1. The van der Waals surface area contributed by atoms with Crippen LogP contribution < -0.4 is 10.6 Å². The first-order valence-electron chi connectivity index (χ1n) is 7.27. The molecule has 0 aliphatic carbocycles. The lowest BCUT2D eigenvalue weighted by Gasteiger charge is -2.08. The number of carbonyl (C=O) groups is 1. The molecule has 0 radical (unpaired) electrons. The molecule has 1 aromatic heterocycles. The van der Waals surface area contributed by atoms with Crippen LogP contribution in [0, 0.1) is 0 Å². The smallest absolute Gasteiger partial charge is 0.224 e. The molecule has 3 rings (SSSR count). The number of pyridine rings is 1. The number of benzene rings is 2. The lowest BCUT2D eigenvalue weighted by atomic mass is 10.2. The number of hydrogen-bond acceptors (Lipinski definition) is 3. The van der Waals surface area contributed by atoms with E-state index in [1.54, 1.807) is 0 Å². The van der Waals surface area contributed by atoms with Gasteiger partial charge in [0.25, 0.3) is 0 Å². The molecule has 0 spiro atoms. The first kappa shape index (κ1) is 14.1. The van der Waals surface area contributed by atoms with Crippen LogP contribution >= 0.6 is 0 Å². The average molecular weight is 291 g/mol. The molecule has 22 heavy (non-hydrogen) atoms. The van der Waals surface area contributed by atoms with E-state index in [0.717, 1.165) is 28.1 Å². The predicted molar refractivity (Wildman–Crippen MR) is 90.4 cm³/mol. The third-order valence-corrected chi connectivity index (χ3v) is 3.34. The summed E-state index contributed by atoms with van der Waals surface area (Å²) < 4.78 is 0. The molecular formula is C18H17N3O. The third kappa shape index (κ3) is 3.23. The van der Waals surface area contributed by atoms with Crippen LogP contribution in [-0.4, -0.2) is 10.9 Å². The van der Waals surface area contributed by atoms with E-state index in [4.69, 9.17) is 0 Å². The van der Waals surface area contributed by atoms with E-state index in [-0.39, 0.29) is 5.91 Å². The first-order valence-corrected chi connectivity index (χ1v) is 7.27. The highest BCUT2D eigenvalue weighted by Crippen LogP contribution is 2.21. The Hall–Kier alpha value is -2.88. The maximum atomic E-state index is 11.4. The lowest BCUT2D eigenvalue weighted by Crippen LogP contribution is -2.09. The van der Waals surface area contributed by atoms with Gasteiger partial charge in [-0.05, 0) is 42.5 Å². The van der Waals surface area contributed by atoms with Gasteiger partial charge in [-0.3, -0.25) is 4.79 Å². The average Bonchev–Trinajstić information content (AvgIpc) is 2.56. The standard InChI is InChI=1S/C18H17N3O/c1-2-18(22)20-15-9-10-16-13(12-15)8-11-17(21-16)19-14-6-4-3-5-7-14/h3-12H,2H2,1H3,(H,19,21)(H,20,22). The molecule has 4 heteroatoms. The summed E-state index contributed by atoms with van der Waals surface area (Å²) in [5.74, 6) is 0.804. The van der Waals surface area contributed by atoms with Crippen molar-refractivity contribution >= 4 is 34.0 Å². The van der Waals surface area contributed by atoms with E-state index in [0.29, 0.717) is 6.42 Å². The molecule has 1 amide bonds. The van der Waals surface area contributed by atoms with Crippen molar-refractivity contribution in [3.8, 4) is 0 Å². The van der Waals surface area contributed by atoms with Gasteiger partial charge < -0.3 is 10.6 Å². The van der Waals surface area contributed by atoms with Crippen LogP contribution in [0.25, 0.3) is 10.9 Å². The van der Waals surface area contributed by atoms with Crippen LogP contribution in [0.3, 0.4) is 0 Å². The van der Waals surface area contributed by atoms with Gasteiger partial charge in [-0.15, -0.1) is 0 Å². The van der Waals surface area contributed by atoms with Crippen LogP contribution in [0.4, 0.5) is 17.2 Å². The van der Waals surface area contributed by atoms with E-state index >= 15 is 0 Å². The fourth-order valence-corrected chi connectivity index (χ4v) is 2.19. The Bertz CT molecular complexity index is 800. The molecule has 0 aliphatic heterocycles. The first-order chi connectivity index (χ1) is 10.7. The molecule has 0 saturated heterocycles. The van der Waals surface area contributed by atoms with Crippen LogP contribution in [-0.2, 0) is 4.79 Å². The van der Waals surface area contributed by atoms with Crippen molar-refractivity contribution in [2.45, 2.75) is 13.3 Å². The quantitative estimate of drug-likeness (QED) is 0.752. The van der Waals surface area contributed by atoms with Gasteiger partial charge >= 0.3 is 0 Å². The van der Waals surface area contributed by atoms with Gasteiger partial charge in [0.1, 0.15) is 5.82 Å². The van der Waals surface area contributed by atoms with Crippen molar-refractivity contribution in [1.29, 1.82) is 0 Å². The molecule has 110 valence electrons. The number of carbonyl (C=O) groups excluding carboxylic acids is 1. The van der Waals surface area contributed by atoms with Gasteiger partial charge in [-0.2, -0.15) is 0 Å². The van der Waals surface area contributed by atoms with Crippen LogP contribution in [0.5, 0.6) is 0 Å². The summed E-state index contributed by atoms with van der Waals surface area (Å²) >= 11 is 0. The molecule has 3 aromatic rings. The van der Waals surface area contributed by atoms with Gasteiger partial charge in [0.05, 0.1) is 5.52 Å². The van der Waals surface area contributed by atoms with E-state index in [1.807, 2.05) is 67.6 Å². The number of nitrogens with one attached hydrogen (secondary N) is 2. The Balaban J connectivity index is 1.85. The van der Waals surface area contributed by atoms with Gasteiger partial charge in [0.15, 0.2) is 0 Å². The van der Waals surface area contributed by atoms with Crippen molar-refractivity contribution in [3.05, 3.63) is 60.7 Å². The van der Waals surface area contributed by atoms with E-state index < -0.39 is 0 Å². The normalized spacial score (nSPS) is 10.4. The number of rotatable bonds is 4. The van der Waals surface area contributed by atoms with E-state index in [2.05, 4.69) is 15.6 Å². The van der Waals surface area contributed by atoms with Crippen LogP contribution in [0.2, 0.25) is 0 Å². The second-order valence-corrected chi connectivity index (χ2v) is 5.00. The summed E-state index contributed by atoms with van der Waals surface area (Å²) in [6.45, 7) is 1.83. The van der Waals surface area contributed by atoms with Gasteiger partial charge in [0, 0.05) is 23.2 Å². The topological polar surface area (TPSA) is 54.0 Å². The summed E-state index contributed by atoms with van der Waals surface area (Å²) in [7, 11) is 0. The lowest BCUT2D eigenvalue weighted by molar-refractivity contribution is -0.115. The van der Waals surface area contributed by atoms with Crippen LogP contribution in [0.1, 0.15) is 13.3 Å². The molecule has 0 atom stereocenters. The number of para-hydroxylation sites is 1. The fourth-order valence-electron chi connectivity index (χ4n) is 2.19. The zero-order valence-electron chi connectivity index (χ0n) is 12.3. The zero-order valence-corrected chi connectivity index (χ0v) is 12.3. The Morgan fingerprint density at radius 1 is 1.00 bits per heavy atom. The highest BCUT2D eigenvalue weighted by molar-refractivity contribution is 5.93. The molecule has 0 fully saturated rings. The van der Waals surface area contributed by atoms with E-state index in [9.17, 15) is 4.79 Å². The number of aromatic nitrogens is 1. The van der Waals surface area contributed by atoms with Gasteiger partial charge in [-0.1, -0.05) is 25.1 Å². The fraction of sp³-hybridized carbons (Fsp3) is 0.111. The summed E-state index contributed by atoms with van der Waals surface area (Å²) in [4.78, 5) is 16.0. The predicted octanol–water partition coefficient (Wildman–Crippen LogP) is 4.33. The maximum absolute atomic E-state index is 11.4. The number of hydrogen-bond donors (Lipinski definition) is 2. The van der Waals surface area contributed by atoms with Crippen molar-refractivity contribution in [3.63, 3.8) is 0 Å². The summed E-state index contributed by atoms with van der Waals surface area (Å²) in [5, 5.41) is 7.12. The molecule has 0 saturated carbocycles. The zero-order chi connectivity index (χ0) is 15.4. The highest BCUT2D eigenvalue weighted by atomic mass is 16.1. The van der Waals surface area contributed by atoms with Gasteiger partial charge in [-0.25, -0.2) is 4.98 Å².